The van der Waals surface area contributed by atoms with Crippen molar-refractivity contribution in [2.75, 3.05) is 6.61 Å². The van der Waals surface area contributed by atoms with Gasteiger partial charge in [-0.05, 0) is 54.8 Å². The van der Waals surface area contributed by atoms with Gasteiger partial charge in [0.2, 0.25) is 0 Å². The molecular weight excluding hydrogens is 346 g/mol. The Bertz CT molecular complexity index is 1090. The van der Waals surface area contributed by atoms with Gasteiger partial charge < -0.3 is 13.9 Å². The molecule has 0 aliphatic heterocycles. The molecule has 0 N–H and O–H groups in total. The summed E-state index contributed by atoms with van der Waals surface area (Å²) in [4.78, 5) is 23.7. The number of carbonyl (C=O) groups excluding carboxylic acids is 1. The number of carbonyl (C=O) groups is 1. The largest absolute Gasteiger partial charge is 0.482 e. The van der Waals surface area contributed by atoms with E-state index in [4.69, 9.17) is 19.2 Å². The highest BCUT2D eigenvalue weighted by Gasteiger charge is 2.13. The van der Waals surface area contributed by atoms with Crippen LogP contribution < -0.4 is 15.1 Å². The number of nitrogens with zero attached hydrogens (tertiary/aromatic N) is 1. The fraction of sp³-hybridized carbons (Fsp3) is 0.190. The minimum Gasteiger partial charge on any atom is -0.482 e. The lowest BCUT2D eigenvalue weighted by Gasteiger charge is -2.11. The molecule has 0 radical (unpaired) electrons. The highest BCUT2D eigenvalue weighted by atomic mass is 16.6. The minimum atomic E-state index is -0.580. The summed E-state index contributed by atoms with van der Waals surface area (Å²) in [5.41, 5.74) is 2.05. The Labute approximate surface area is 155 Å². The molecule has 0 aliphatic rings. The third-order valence-electron chi connectivity index (χ3n) is 4.08. The first-order valence-electron chi connectivity index (χ1n) is 8.41. The Morgan fingerprint density at radius 1 is 1.19 bits per heavy atom. The number of ether oxygens (including phenoxy) is 2. The van der Waals surface area contributed by atoms with Crippen LogP contribution >= 0.6 is 0 Å². The van der Waals surface area contributed by atoms with Gasteiger partial charge in [0, 0.05) is 17.5 Å². The first-order valence-corrected chi connectivity index (χ1v) is 8.41. The van der Waals surface area contributed by atoms with E-state index in [1.165, 1.54) is 6.07 Å². The number of hydrogen-bond donors (Lipinski definition) is 0. The number of fused-ring (bicyclic) bond motifs is 1. The Balaban J connectivity index is 1.77. The van der Waals surface area contributed by atoms with Crippen molar-refractivity contribution in [3.8, 4) is 17.6 Å². The zero-order valence-electron chi connectivity index (χ0n) is 14.9. The van der Waals surface area contributed by atoms with Gasteiger partial charge in [0.1, 0.15) is 17.1 Å². The molecule has 3 rings (SSSR count). The van der Waals surface area contributed by atoms with Crippen LogP contribution in [0.2, 0.25) is 0 Å². The molecule has 6 heteroatoms. The van der Waals surface area contributed by atoms with Crippen molar-refractivity contribution in [1.82, 2.24) is 0 Å². The minimum absolute atomic E-state index is 0.287. The lowest BCUT2D eigenvalue weighted by Crippen LogP contribution is -2.18. The van der Waals surface area contributed by atoms with Crippen LogP contribution in [0, 0.1) is 18.3 Å². The molecule has 0 amide bonds. The van der Waals surface area contributed by atoms with Gasteiger partial charge in [0.25, 0.3) is 0 Å². The second kappa shape index (κ2) is 7.75. The van der Waals surface area contributed by atoms with Gasteiger partial charge in [-0.15, -0.1) is 0 Å². The maximum Gasteiger partial charge on any atom is 0.349 e. The van der Waals surface area contributed by atoms with Crippen LogP contribution in [0.4, 0.5) is 0 Å². The summed E-state index contributed by atoms with van der Waals surface area (Å²) in [6, 6.07) is 13.3. The zero-order chi connectivity index (χ0) is 19.4. The Kier molecular flexibility index (Phi) is 5.23. The average molecular weight is 363 g/mol. The molecule has 0 saturated heterocycles. The Morgan fingerprint density at radius 2 is 1.93 bits per heavy atom. The van der Waals surface area contributed by atoms with Crippen molar-refractivity contribution < 1.29 is 18.7 Å². The number of hydrogen-bond acceptors (Lipinski definition) is 6. The second-order valence-electron chi connectivity index (χ2n) is 5.96. The van der Waals surface area contributed by atoms with Crippen molar-refractivity contribution in [2.45, 2.75) is 20.3 Å². The van der Waals surface area contributed by atoms with Gasteiger partial charge in [-0.1, -0.05) is 6.92 Å². The van der Waals surface area contributed by atoms with Crippen LogP contribution in [0.5, 0.6) is 11.5 Å². The predicted octanol–water partition coefficient (Wildman–Crippen LogP) is 3.52. The summed E-state index contributed by atoms with van der Waals surface area (Å²) in [5.74, 6) is 0.220. The monoisotopic (exact) mass is 363 g/mol. The van der Waals surface area contributed by atoms with E-state index in [0.29, 0.717) is 29.1 Å². The van der Waals surface area contributed by atoms with Crippen LogP contribution in [0.15, 0.2) is 51.7 Å². The highest BCUT2D eigenvalue weighted by Crippen LogP contribution is 2.28. The van der Waals surface area contributed by atoms with Crippen LogP contribution in [-0.4, -0.2) is 12.6 Å². The van der Waals surface area contributed by atoms with E-state index in [2.05, 4.69) is 0 Å². The van der Waals surface area contributed by atoms with Gasteiger partial charge >= 0.3 is 11.6 Å². The quantitative estimate of drug-likeness (QED) is 0.391. The molecular formula is C21H17NO5. The van der Waals surface area contributed by atoms with Gasteiger partial charge in [-0.25, -0.2) is 9.59 Å². The van der Waals surface area contributed by atoms with E-state index in [9.17, 15) is 9.59 Å². The smallest absolute Gasteiger partial charge is 0.349 e. The van der Waals surface area contributed by atoms with E-state index >= 15 is 0 Å². The maximum atomic E-state index is 12.2. The SMILES string of the molecule is CCc1cc2c(C)cc(=O)oc2cc1OC(=O)COc1ccc(C#N)cc1. The third kappa shape index (κ3) is 4.15. The molecule has 0 spiro atoms. The molecule has 6 nitrogen and oxygen atoms in total. The molecule has 27 heavy (non-hydrogen) atoms. The van der Waals surface area contributed by atoms with E-state index in [1.54, 1.807) is 30.3 Å². The van der Waals surface area contributed by atoms with Crippen molar-refractivity contribution >= 4 is 16.9 Å². The van der Waals surface area contributed by atoms with Crippen molar-refractivity contribution in [2.24, 2.45) is 0 Å². The summed E-state index contributed by atoms with van der Waals surface area (Å²) in [6.07, 6.45) is 0.646. The van der Waals surface area contributed by atoms with Gasteiger partial charge in [0.05, 0.1) is 11.6 Å². The number of esters is 1. The number of aryl methyl sites for hydroxylation is 2. The lowest BCUT2D eigenvalue weighted by atomic mass is 10.1. The van der Waals surface area contributed by atoms with Crippen LogP contribution in [0.1, 0.15) is 23.6 Å². The van der Waals surface area contributed by atoms with Crippen LogP contribution in [0.3, 0.4) is 0 Å². The third-order valence-corrected chi connectivity index (χ3v) is 4.08. The molecule has 1 aromatic heterocycles. The van der Waals surface area contributed by atoms with Gasteiger partial charge in [0.15, 0.2) is 6.61 Å². The van der Waals surface area contributed by atoms with Crippen molar-refractivity contribution in [3.63, 3.8) is 0 Å². The Morgan fingerprint density at radius 3 is 2.59 bits per heavy atom. The first kappa shape index (κ1) is 18.2. The first-order chi connectivity index (χ1) is 13.0. The normalized spacial score (nSPS) is 10.4. The maximum absolute atomic E-state index is 12.2. The molecule has 0 saturated carbocycles. The summed E-state index contributed by atoms with van der Waals surface area (Å²) in [5, 5.41) is 9.58. The van der Waals surface area contributed by atoms with E-state index in [1.807, 2.05) is 26.0 Å². The fourth-order valence-electron chi connectivity index (χ4n) is 2.68. The molecule has 136 valence electrons. The van der Waals surface area contributed by atoms with E-state index in [0.717, 1.165) is 16.5 Å². The summed E-state index contributed by atoms with van der Waals surface area (Å²) in [6.45, 7) is 3.49. The molecule has 0 aliphatic carbocycles. The Hall–Kier alpha value is -3.59. The fourth-order valence-corrected chi connectivity index (χ4v) is 2.68. The highest BCUT2D eigenvalue weighted by molar-refractivity contribution is 5.84. The molecule has 1 heterocycles. The molecule has 2 aromatic carbocycles. The van der Waals surface area contributed by atoms with Gasteiger partial charge in [-0.2, -0.15) is 5.26 Å². The molecule has 0 atom stereocenters. The van der Waals surface area contributed by atoms with Crippen molar-refractivity contribution in [3.05, 3.63) is 69.6 Å². The predicted molar refractivity (Wildman–Crippen MR) is 98.9 cm³/mol. The molecule has 0 unspecified atom stereocenters. The van der Waals surface area contributed by atoms with Crippen LogP contribution in [0.25, 0.3) is 11.0 Å². The van der Waals surface area contributed by atoms with Crippen molar-refractivity contribution in [1.29, 1.82) is 5.26 Å². The van der Waals surface area contributed by atoms with Crippen LogP contribution in [-0.2, 0) is 11.2 Å². The molecule has 3 aromatic rings. The number of rotatable bonds is 5. The van der Waals surface area contributed by atoms with Gasteiger partial charge in [-0.3, -0.25) is 0 Å². The van der Waals surface area contributed by atoms with E-state index < -0.39 is 11.6 Å². The topological polar surface area (TPSA) is 89.5 Å². The standard InChI is InChI=1S/C21H17NO5/c1-3-15-9-17-13(2)8-20(23)27-19(17)10-18(15)26-21(24)12-25-16-6-4-14(11-22)5-7-16/h4-10H,3,12H2,1-2H3. The summed E-state index contributed by atoms with van der Waals surface area (Å²) < 4.78 is 16.0. The summed E-state index contributed by atoms with van der Waals surface area (Å²) in [7, 11) is 0. The lowest BCUT2D eigenvalue weighted by molar-refractivity contribution is -0.136. The summed E-state index contributed by atoms with van der Waals surface area (Å²) >= 11 is 0. The number of nitriles is 1. The average Bonchev–Trinajstić information content (AvgIpc) is 2.66. The zero-order valence-corrected chi connectivity index (χ0v) is 14.9. The molecule has 0 bridgehead atoms. The second-order valence-corrected chi connectivity index (χ2v) is 5.96. The number of benzene rings is 2. The van der Waals surface area contributed by atoms with E-state index in [-0.39, 0.29) is 6.61 Å². The molecule has 0 fully saturated rings.